The molecule has 2 rings (SSSR count). The van der Waals surface area contributed by atoms with Crippen molar-refractivity contribution in [3.8, 4) is 0 Å². The summed E-state index contributed by atoms with van der Waals surface area (Å²) in [6.07, 6.45) is 5.47. The van der Waals surface area contributed by atoms with Crippen LogP contribution in [0, 0.1) is 5.92 Å². The van der Waals surface area contributed by atoms with Crippen LogP contribution in [-0.2, 0) is 4.74 Å². The zero-order chi connectivity index (χ0) is 13.1. The highest BCUT2D eigenvalue weighted by Crippen LogP contribution is 2.25. The molecule has 2 heterocycles. The Morgan fingerprint density at radius 1 is 1.39 bits per heavy atom. The van der Waals surface area contributed by atoms with Crippen molar-refractivity contribution in [2.75, 3.05) is 18.6 Å². The summed E-state index contributed by atoms with van der Waals surface area (Å²) in [6, 6.07) is 0.465. The van der Waals surface area contributed by atoms with Gasteiger partial charge in [0.05, 0.1) is 19.5 Å². The maximum absolute atomic E-state index is 11.3. The first-order valence-electron chi connectivity index (χ1n) is 6.28. The average Bonchev–Trinajstić information content (AvgIpc) is 2.38. The van der Waals surface area contributed by atoms with E-state index in [2.05, 4.69) is 33.5 Å². The minimum atomic E-state index is -0.450. The van der Waals surface area contributed by atoms with E-state index in [-0.39, 0.29) is 5.69 Å². The van der Waals surface area contributed by atoms with E-state index in [1.54, 1.807) is 6.20 Å². The molecule has 1 aromatic rings. The van der Waals surface area contributed by atoms with Crippen LogP contribution >= 0.6 is 0 Å². The average molecular weight is 249 g/mol. The molecule has 1 aliphatic rings. The first kappa shape index (κ1) is 12.8. The number of piperidine rings is 1. The highest BCUT2D eigenvalue weighted by Gasteiger charge is 2.24. The lowest BCUT2D eigenvalue weighted by molar-refractivity contribution is 0.0593. The van der Waals surface area contributed by atoms with Crippen LogP contribution in [0.2, 0.25) is 0 Å². The van der Waals surface area contributed by atoms with Crippen LogP contribution < -0.4 is 4.90 Å². The minimum absolute atomic E-state index is 0.249. The maximum Gasteiger partial charge on any atom is 0.358 e. The van der Waals surface area contributed by atoms with Crippen molar-refractivity contribution in [3.63, 3.8) is 0 Å². The molecule has 0 saturated carbocycles. The number of esters is 1. The summed E-state index contributed by atoms with van der Waals surface area (Å²) in [6.45, 7) is 5.47. The van der Waals surface area contributed by atoms with E-state index in [4.69, 9.17) is 0 Å². The summed E-state index contributed by atoms with van der Waals surface area (Å²) in [4.78, 5) is 21.9. The highest BCUT2D eigenvalue weighted by atomic mass is 16.5. The molecule has 2 atom stereocenters. The molecule has 18 heavy (non-hydrogen) atoms. The fourth-order valence-electron chi connectivity index (χ4n) is 2.43. The Hall–Kier alpha value is -1.65. The molecule has 0 radical (unpaired) electrons. The van der Waals surface area contributed by atoms with Crippen molar-refractivity contribution in [1.29, 1.82) is 0 Å². The fraction of sp³-hybridized carbons (Fsp3) is 0.615. The number of aromatic nitrogens is 2. The second-order valence-corrected chi connectivity index (χ2v) is 4.92. The molecule has 5 heteroatoms. The van der Waals surface area contributed by atoms with Gasteiger partial charge < -0.3 is 9.64 Å². The molecule has 1 saturated heterocycles. The molecule has 1 fully saturated rings. The summed E-state index contributed by atoms with van der Waals surface area (Å²) in [5, 5.41) is 0. The Kier molecular flexibility index (Phi) is 3.79. The molecule has 2 unspecified atom stereocenters. The molecule has 98 valence electrons. The van der Waals surface area contributed by atoms with Crippen molar-refractivity contribution in [1.82, 2.24) is 9.97 Å². The molecule has 0 bridgehead atoms. The first-order chi connectivity index (χ1) is 8.61. The van der Waals surface area contributed by atoms with E-state index in [0.29, 0.717) is 6.04 Å². The van der Waals surface area contributed by atoms with Crippen LogP contribution in [0.3, 0.4) is 0 Å². The first-order valence-corrected chi connectivity index (χ1v) is 6.28. The monoisotopic (exact) mass is 249 g/mol. The standard InChI is InChI=1S/C13H19N3O2/c1-9-4-5-16(10(2)6-9)12-8-14-11(7-15-12)13(17)18-3/h7-10H,4-6H2,1-3H3. The number of rotatable bonds is 2. The van der Waals surface area contributed by atoms with E-state index >= 15 is 0 Å². The van der Waals surface area contributed by atoms with E-state index in [1.807, 2.05) is 0 Å². The van der Waals surface area contributed by atoms with Crippen LogP contribution in [-0.4, -0.2) is 35.6 Å². The number of nitrogens with zero attached hydrogens (tertiary/aromatic N) is 3. The van der Waals surface area contributed by atoms with Crippen molar-refractivity contribution in [2.45, 2.75) is 32.7 Å². The molecule has 0 spiro atoms. The third-order valence-corrected chi connectivity index (χ3v) is 3.47. The summed E-state index contributed by atoms with van der Waals surface area (Å²) in [5.74, 6) is 1.15. The molecule has 0 aromatic carbocycles. The number of carbonyl (C=O) groups excluding carboxylic acids is 1. The number of hydrogen-bond acceptors (Lipinski definition) is 5. The van der Waals surface area contributed by atoms with Gasteiger partial charge in [-0.2, -0.15) is 0 Å². The van der Waals surface area contributed by atoms with Gasteiger partial charge in [-0.1, -0.05) is 6.92 Å². The Labute approximate surface area is 107 Å². The molecule has 0 N–H and O–H groups in total. The Bertz CT molecular complexity index is 419. The lowest BCUT2D eigenvalue weighted by Crippen LogP contribution is -2.40. The molecule has 1 aliphatic heterocycles. The zero-order valence-electron chi connectivity index (χ0n) is 11.1. The number of carbonyl (C=O) groups is 1. The van der Waals surface area contributed by atoms with Crippen LogP contribution in [0.15, 0.2) is 12.4 Å². The maximum atomic E-state index is 11.3. The zero-order valence-corrected chi connectivity index (χ0v) is 11.1. The summed E-state index contributed by atoms with van der Waals surface area (Å²) in [5.41, 5.74) is 0.249. The second kappa shape index (κ2) is 5.33. The molecule has 0 amide bonds. The number of anilines is 1. The van der Waals surface area contributed by atoms with E-state index in [1.165, 1.54) is 26.1 Å². The van der Waals surface area contributed by atoms with E-state index < -0.39 is 5.97 Å². The predicted molar refractivity (Wildman–Crippen MR) is 68.6 cm³/mol. The third-order valence-electron chi connectivity index (χ3n) is 3.47. The topological polar surface area (TPSA) is 55.3 Å². The number of methoxy groups -OCH3 is 1. The summed E-state index contributed by atoms with van der Waals surface area (Å²) in [7, 11) is 1.34. The fourth-order valence-corrected chi connectivity index (χ4v) is 2.43. The molecule has 0 aliphatic carbocycles. The van der Waals surface area contributed by atoms with Gasteiger partial charge in [-0.25, -0.2) is 14.8 Å². The smallest absolute Gasteiger partial charge is 0.358 e. The molecule has 1 aromatic heterocycles. The van der Waals surface area contributed by atoms with Gasteiger partial charge in [-0.05, 0) is 25.7 Å². The van der Waals surface area contributed by atoms with Gasteiger partial charge in [0.25, 0.3) is 0 Å². The third kappa shape index (κ3) is 2.60. The van der Waals surface area contributed by atoms with Gasteiger partial charge in [0.2, 0.25) is 0 Å². The Morgan fingerprint density at radius 3 is 2.72 bits per heavy atom. The lowest BCUT2D eigenvalue weighted by Gasteiger charge is -2.37. The van der Waals surface area contributed by atoms with Crippen LogP contribution in [0.5, 0.6) is 0 Å². The van der Waals surface area contributed by atoms with E-state index in [9.17, 15) is 4.79 Å². The summed E-state index contributed by atoms with van der Waals surface area (Å²) < 4.78 is 4.60. The van der Waals surface area contributed by atoms with Crippen molar-refractivity contribution in [3.05, 3.63) is 18.1 Å². The highest BCUT2D eigenvalue weighted by molar-refractivity contribution is 5.86. The molecular weight excluding hydrogens is 230 g/mol. The Balaban J connectivity index is 2.12. The van der Waals surface area contributed by atoms with Crippen molar-refractivity contribution >= 4 is 11.8 Å². The Morgan fingerprint density at radius 2 is 2.17 bits per heavy atom. The van der Waals surface area contributed by atoms with Crippen LogP contribution in [0.25, 0.3) is 0 Å². The van der Waals surface area contributed by atoms with Crippen molar-refractivity contribution < 1.29 is 9.53 Å². The van der Waals surface area contributed by atoms with Gasteiger partial charge in [0.1, 0.15) is 5.82 Å². The quantitative estimate of drug-likeness (QED) is 0.749. The predicted octanol–water partition coefficient (Wildman–Crippen LogP) is 1.89. The summed E-state index contributed by atoms with van der Waals surface area (Å²) >= 11 is 0. The molecular formula is C13H19N3O2. The van der Waals surface area contributed by atoms with Gasteiger partial charge in [0, 0.05) is 12.6 Å². The SMILES string of the molecule is COC(=O)c1cnc(N2CCC(C)CC2C)cn1. The number of hydrogen-bond donors (Lipinski definition) is 0. The normalized spacial score (nSPS) is 23.8. The second-order valence-electron chi connectivity index (χ2n) is 4.92. The van der Waals surface area contributed by atoms with E-state index in [0.717, 1.165) is 18.3 Å². The number of ether oxygens (including phenoxy) is 1. The van der Waals surface area contributed by atoms with Gasteiger partial charge in [-0.15, -0.1) is 0 Å². The minimum Gasteiger partial charge on any atom is -0.464 e. The van der Waals surface area contributed by atoms with Crippen molar-refractivity contribution in [2.24, 2.45) is 5.92 Å². The largest absolute Gasteiger partial charge is 0.464 e. The molecule has 5 nitrogen and oxygen atoms in total. The van der Waals surface area contributed by atoms with Gasteiger partial charge in [0.15, 0.2) is 5.69 Å². The van der Waals surface area contributed by atoms with Crippen LogP contribution in [0.1, 0.15) is 37.2 Å². The van der Waals surface area contributed by atoms with Crippen LogP contribution in [0.4, 0.5) is 5.82 Å². The van der Waals surface area contributed by atoms with Gasteiger partial charge >= 0.3 is 5.97 Å². The lowest BCUT2D eigenvalue weighted by atomic mass is 9.93. The van der Waals surface area contributed by atoms with Gasteiger partial charge in [-0.3, -0.25) is 0 Å².